The maximum atomic E-state index is 13.6. The van der Waals surface area contributed by atoms with Gasteiger partial charge in [-0.2, -0.15) is 4.31 Å². The van der Waals surface area contributed by atoms with Crippen molar-refractivity contribution in [1.82, 2.24) is 14.4 Å². The van der Waals surface area contributed by atoms with Gasteiger partial charge >= 0.3 is 6.03 Å². The lowest BCUT2D eigenvalue weighted by Gasteiger charge is -2.37. The molecule has 208 valence electrons. The maximum Gasteiger partial charge on any atom is 0.321 e. The smallest absolute Gasteiger partial charge is 0.321 e. The minimum absolute atomic E-state index is 0.00642. The van der Waals surface area contributed by atoms with Gasteiger partial charge in [0, 0.05) is 37.5 Å². The second kappa shape index (κ2) is 12.2. The van der Waals surface area contributed by atoms with Crippen LogP contribution in [0, 0.1) is 37.5 Å². The monoisotopic (exact) mass is 546 g/mol. The molecule has 2 amide bonds. The van der Waals surface area contributed by atoms with Gasteiger partial charge in [-0.3, -0.25) is 0 Å². The molecule has 1 aromatic heterocycles. The number of hydrogen-bond donors (Lipinski definition) is 2. The number of benzene rings is 1. The minimum Gasteiger partial charge on any atom is -0.487 e. The van der Waals surface area contributed by atoms with Crippen LogP contribution in [0.1, 0.15) is 51.1 Å². The van der Waals surface area contributed by atoms with Crippen LogP contribution in [0.15, 0.2) is 27.6 Å². The molecule has 0 saturated carbocycles. The molecule has 2 N–H and O–H groups in total. The fourth-order valence-electron chi connectivity index (χ4n) is 4.10. The molecular formula is C27H38N4O6S. The summed E-state index contributed by atoms with van der Waals surface area (Å²) in [5.74, 6) is 6.98. The highest BCUT2D eigenvalue weighted by molar-refractivity contribution is 7.89. The third-order valence-electron chi connectivity index (χ3n) is 6.48. The van der Waals surface area contributed by atoms with Gasteiger partial charge in [-0.25, -0.2) is 13.2 Å². The molecule has 1 aliphatic rings. The summed E-state index contributed by atoms with van der Waals surface area (Å²) in [6, 6.07) is 3.79. The quantitative estimate of drug-likeness (QED) is 0.530. The molecule has 10 nitrogen and oxygen atoms in total. The highest BCUT2D eigenvalue weighted by Crippen LogP contribution is 2.34. The van der Waals surface area contributed by atoms with Crippen LogP contribution in [0.5, 0.6) is 5.75 Å². The average Bonchev–Trinajstić information content (AvgIpc) is 3.17. The Balaban J connectivity index is 1.96. The first-order valence-corrected chi connectivity index (χ1v) is 14.2. The summed E-state index contributed by atoms with van der Waals surface area (Å²) in [5, 5.41) is 16.5. The number of aliphatic hydroxyl groups excluding tert-OH is 1. The Kier molecular flexibility index (Phi) is 9.46. The molecule has 0 unspecified atom stereocenters. The fourth-order valence-corrected chi connectivity index (χ4v) is 5.92. The summed E-state index contributed by atoms with van der Waals surface area (Å²) in [4.78, 5) is 14.5. The number of aryl methyl sites for hydroxylation is 2. The van der Waals surface area contributed by atoms with Crippen molar-refractivity contribution in [3.8, 4) is 17.6 Å². The SMILES string of the molecule is Cc1noc(C)c1NC(=O)N(C)C[C@H]1Oc2cc(C#CCC(C)C)ccc2S(=O)(=O)N([C@H](C)CO)C[C@@H]1C. The summed E-state index contributed by atoms with van der Waals surface area (Å²) in [7, 11) is -2.32. The third kappa shape index (κ3) is 6.67. The molecule has 0 bridgehead atoms. The van der Waals surface area contributed by atoms with Crippen LogP contribution >= 0.6 is 0 Å². The van der Waals surface area contributed by atoms with Crippen LogP contribution in [0.2, 0.25) is 0 Å². The van der Waals surface area contributed by atoms with Gasteiger partial charge in [0.15, 0.2) is 5.76 Å². The van der Waals surface area contributed by atoms with Crippen molar-refractivity contribution in [2.75, 3.05) is 32.1 Å². The van der Waals surface area contributed by atoms with E-state index in [9.17, 15) is 18.3 Å². The van der Waals surface area contributed by atoms with Crippen molar-refractivity contribution in [3.05, 3.63) is 35.2 Å². The summed E-state index contributed by atoms with van der Waals surface area (Å²) in [6.07, 6.45) is 0.167. The molecule has 3 atom stereocenters. The zero-order chi connectivity index (χ0) is 28.2. The number of sulfonamides is 1. The van der Waals surface area contributed by atoms with Crippen molar-refractivity contribution < 1.29 is 27.6 Å². The Bertz CT molecular complexity index is 1290. The van der Waals surface area contributed by atoms with Gasteiger partial charge in [0.1, 0.15) is 28.1 Å². The van der Waals surface area contributed by atoms with Gasteiger partial charge in [-0.05, 0) is 44.9 Å². The van der Waals surface area contributed by atoms with Crippen molar-refractivity contribution in [2.45, 2.75) is 65.0 Å². The number of ether oxygens (including phenoxy) is 1. The molecule has 0 aliphatic carbocycles. The lowest BCUT2D eigenvalue weighted by atomic mass is 10.0. The summed E-state index contributed by atoms with van der Waals surface area (Å²) in [5.41, 5.74) is 1.72. The number of amides is 2. The number of carbonyl (C=O) groups is 1. The molecule has 3 rings (SSSR count). The van der Waals surface area contributed by atoms with E-state index in [0.29, 0.717) is 35.0 Å². The van der Waals surface area contributed by atoms with Crippen LogP contribution in [-0.2, 0) is 10.0 Å². The standard InChI is InChI=1S/C27H38N4O6S/c1-17(2)9-8-10-22-11-12-25-23(13-22)36-24(18(3)14-31(19(4)16-32)38(25,34)35)15-30(7)27(33)28-26-20(5)29-37-21(26)6/h11-13,17-19,24,32H,9,14-16H2,1-7H3,(H,28,33)/t18-,19+,24+/m0/s1. The number of nitrogens with zero attached hydrogens (tertiary/aromatic N) is 3. The first-order chi connectivity index (χ1) is 17.8. The van der Waals surface area contributed by atoms with Gasteiger partial charge < -0.3 is 24.6 Å². The van der Waals surface area contributed by atoms with Gasteiger partial charge in [-0.1, -0.05) is 37.8 Å². The van der Waals surface area contributed by atoms with E-state index in [1.165, 1.54) is 15.3 Å². The van der Waals surface area contributed by atoms with E-state index < -0.39 is 22.2 Å². The number of nitrogens with one attached hydrogen (secondary N) is 1. The zero-order valence-corrected chi connectivity index (χ0v) is 23.9. The van der Waals surface area contributed by atoms with Crippen LogP contribution in [0.4, 0.5) is 10.5 Å². The van der Waals surface area contributed by atoms with E-state index in [2.05, 4.69) is 36.2 Å². The van der Waals surface area contributed by atoms with E-state index in [4.69, 9.17) is 9.26 Å². The van der Waals surface area contributed by atoms with E-state index in [1.807, 2.05) is 6.92 Å². The van der Waals surface area contributed by atoms with Crippen molar-refractivity contribution >= 4 is 21.7 Å². The van der Waals surface area contributed by atoms with Crippen LogP contribution in [0.3, 0.4) is 0 Å². The highest BCUT2D eigenvalue weighted by Gasteiger charge is 2.38. The molecule has 0 spiro atoms. The van der Waals surface area contributed by atoms with Gasteiger partial charge in [0.2, 0.25) is 10.0 Å². The topological polar surface area (TPSA) is 125 Å². The number of urea groups is 1. The third-order valence-corrected chi connectivity index (χ3v) is 8.50. The summed E-state index contributed by atoms with van der Waals surface area (Å²) in [6.45, 7) is 11.1. The van der Waals surface area contributed by atoms with E-state index >= 15 is 0 Å². The number of fused-ring (bicyclic) bond motifs is 1. The molecule has 0 saturated heterocycles. The van der Waals surface area contributed by atoms with E-state index in [-0.39, 0.29) is 42.3 Å². The molecule has 1 aliphatic heterocycles. The van der Waals surface area contributed by atoms with Gasteiger partial charge in [0.05, 0.1) is 13.2 Å². The van der Waals surface area contributed by atoms with Crippen LogP contribution in [-0.4, -0.2) is 72.8 Å². The molecule has 38 heavy (non-hydrogen) atoms. The van der Waals surface area contributed by atoms with Crippen LogP contribution < -0.4 is 10.1 Å². The summed E-state index contributed by atoms with van der Waals surface area (Å²) < 4.78 is 40.0. The number of rotatable bonds is 6. The Hall–Kier alpha value is -3.07. The number of likely N-dealkylation sites (N-methyl/N-ethyl adjacent to an activating group) is 1. The number of anilines is 1. The van der Waals surface area contributed by atoms with E-state index in [1.54, 1.807) is 40.0 Å². The van der Waals surface area contributed by atoms with Crippen molar-refractivity contribution in [3.63, 3.8) is 0 Å². The van der Waals surface area contributed by atoms with Crippen molar-refractivity contribution in [1.29, 1.82) is 0 Å². The fraction of sp³-hybridized carbons (Fsp3) is 0.556. The second-order valence-electron chi connectivity index (χ2n) is 10.3. The first kappa shape index (κ1) is 29.5. The Morgan fingerprint density at radius 3 is 2.63 bits per heavy atom. The average molecular weight is 547 g/mol. The van der Waals surface area contributed by atoms with Crippen LogP contribution in [0.25, 0.3) is 0 Å². The summed E-state index contributed by atoms with van der Waals surface area (Å²) >= 11 is 0. The number of aliphatic hydroxyl groups is 1. The molecule has 0 radical (unpaired) electrons. The molecule has 1 aromatic carbocycles. The predicted octanol–water partition coefficient (Wildman–Crippen LogP) is 3.62. The maximum absolute atomic E-state index is 13.6. The minimum atomic E-state index is -3.96. The van der Waals surface area contributed by atoms with E-state index in [0.717, 1.165) is 0 Å². The second-order valence-corrected chi connectivity index (χ2v) is 12.2. The molecular weight excluding hydrogens is 508 g/mol. The van der Waals surface area contributed by atoms with Gasteiger partial charge in [0.25, 0.3) is 0 Å². The lowest BCUT2D eigenvalue weighted by molar-refractivity contribution is 0.0830. The molecule has 2 heterocycles. The first-order valence-electron chi connectivity index (χ1n) is 12.7. The molecule has 2 aromatic rings. The number of hydrogen-bond acceptors (Lipinski definition) is 7. The number of aromatic nitrogens is 1. The van der Waals surface area contributed by atoms with Gasteiger partial charge in [-0.15, -0.1) is 0 Å². The normalized spacial score (nSPS) is 19.8. The Morgan fingerprint density at radius 2 is 2.03 bits per heavy atom. The highest BCUT2D eigenvalue weighted by atomic mass is 32.2. The largest absolute Gasteiger partial charge is 0.487 e. The molecule has 11 heteroatoms. The Morgan fingerprint density at radius 1 is 1.32 bits per heavy atom. The predicted molar refractivity (Wildman–Crippen MR) is 144 cm³/mol. The Labute approximate surface area is 225 Å². The van der Waals surface area contributed by atoms with Crippen molar-refractivity contribution in [2.24, 2.45) is 11.8 Å². The lowest BCUT2D eigenvalue weighted by Crippen LogP contribution is -2.50. The molecule has 0 fully saturated rings. The number of carbonyl (C=O) groups excluding carboxylic acids is 1. The zero-order valence-electron chi connectivity index (χ0n) is 23.1.